The molecule has 0 aromatic carbocycles. The van der Waals surface area contributed by atoms with E-state index in [0.717, 1.165) is 0 Å². The van der Waals surface area contributed by atoms with Crippen molar-refractivity contribution in [2.24, 2.45) is 0 Å². The average molecular weight is 165 g/mol. The van der Waals surface area contributed by atoms with Crippen molar-refractivity contribution in [2.75, 3.05) is 13.1 Å². The number of nitrogens with zero attached hydrogens (tertiary/aromatic N) is 1. The molecule has 3 heteroatoms. The molecule has 12 heavy (non-hydrogen) atoms. The maximum absolute atomic E-state index is 11.3. The highest BCUT2D eigenvalue weighted by Gasteiger charge is 2.43. The van der Waals surface area contributed by atoms with Crippen LogP contribution in [0.4, 0.5) is 0 Å². The van der Waals surface area contributed by atoms with E-state index in [1.807, 2.05) is 0 Å². The minimum atomic E-state index is -1.57. The lowest BCUT2D eigenvalue weighted by Crippen LogP contribution is -2.38. The van der Waals surface area contributed by atoms with Gasteiger partial charge in [0.25, 0.3) is 5.91 Å². The fraction of sp³-hybridized carbons (Fsp3) is 0.444. The Labute approximate surface area is 71.7 Å². The molecule has 0 saturated carbocycles. The molecule has 1 unspecified atom stereocenters. The highest BCUT2D eigenvalue weighted by atomic mass is 16.3. The fourth-order valence-corrected chi connectivity index (χ4v) is 1.23. The smallest absolute Gasteiger partial charge is 0.267 e. The van der Waals surface area contributed by atoms with Gasteiger partial charge in [0.15, 0.2) is 0 Å². The first-order valence-corrected chi connectivity index (χ1v) is 3.74. The molecule has 64 valence electrons. The van der Waals surface area contributed by atoms with Crippen molar-refractivity contribution in [1.82, 2.24) is 4.90 Å². The van der Waals surface area contributed by atoms with Gasteiger partial charge in [-0.05, 0) is 0 Å². The molecule has 1 N–H and O–H groups in total. The Morgan fingerprint density at radius 1 is 1.92 bits per heavy atom. The third kappa shape index (κ3) is 1.21. The molecular formula is C9H11NO2. The predicted octanol–water partition coefficient (Wildman–Crippen LogP) is -0.231. The molecule has 1 aliphatic rings. The first-order chi connectivity index (χ1) is 5.64. The first kappa shape index (κ1) is 8.82. The fourth-order valence-electron chi connectivity index (χ4n) is 1.23. The number of aliphatic hydroxyl groups is 1. The van der Waals surface area contributed by atoms with Crippen molar-refractivity contribution >= 4 is 5.91 Å². The Bertz CT molecular complexity index is 254. The summed E-state index contributed by atoms with van der Waals surface area (Å²) in [4.78, 5) is 12.8. The lowest BCUT2D eigenvalue weighted by molar-refractivity contribution is -0.138. The summed E-state index contributed by atoms with van der Waals surface area (Å²) < 4.78 is 0. The maximum Gasteiger partial charge on any atom is 0.267 e. The van der Waals surface area contributed by atoms with Crippen LogP contribution in [0.3, 0.4) is 0 Å². The minimum Gasteiger partial charge on any atom is -0.369 e. The van der Waals surface area contributed by atoms with E-state index in [1.54, 1.807) is 6.08 Å². The SMILES string of the molecule is C#CC1(O)CCN(CC=C)C1=O. The van der Waals surface area contributed by atoms with Gasteiger partial charge in [0, 0.05) is 19.5 Å². The molecule has 1 fully saturated rings. The van der Waals surface area contributed by atoms with Crippen LogP contribution in [0.15, 0.2) is 12.7 Å². The van der Waals surface area contributed by atoms with Gasteiger partial charge in [-0.25, -0.2) is 0 Å². The molecule has 0 aliphatic carbocycles. The average Bonchev–Trinajstić information content (AvgIpc) is 2.35. The second-order valence-corrected chi connectivity index (χ2v) is 2.79. The van der Waals surface area contributed by atoms with Crippen LogP contribution < -0.4 is 0 Å². The zero-order valence-corrected chi connectivity index (χ0v) is 6.79. The summed E-state index contributed by atoms with van der Waals surface area (Å²) in [5.41, 5.74) is -1.57. The summed E-state index contributed by atoms with van der Waals surface area (Å²) in [6.45, 7) is 4.46. The number of hydrogen-bond donors (Lipinski definition) is 1. The molecule has 0 aromatic rings. The van der Waals surface area contributed by atoms with E-state index in [9.17, 15) is 9.90 Å². The van der Waals surface area contributed by atoms with Crippen molar-refractivity contribution in [3.8, 4) is 12.3 Å². The van der Waals surface area contributed by atoms with Gasteiger partial charge in [0.05, 0.1) is 0 Å². The highest BCUT2D eigenvalue weighted by Crippen LogP contribution is 2.21. The molecular weight excluding hydrogens is 154 g/mol. The van der Waals surface area contributed by atoms with Crippen LogP contribution in [0.25, 0.3) is 0 Å². The van der Waals surface area contributed by atoms with Crippen molar-refractivity contribution in [1.29, 1.82) is 0 Å². The molecule has 0 radical (unpaired) electrons. The third-order valence-electron chi connectivity index (χ3n) is 1.97. The lowest BCUT2D eigenvalue weighted by Gasteiger charge is -2.15. The summed E-state index contributed by atoms with van der Waals surface area (Å²) >= 11 is 0. The largest absolute Gasteiger partial charge is 0.369 e. The van der Waals surface area contributed by atoms with E-state index in [-0.39, 0.29) is 5.91 Å². The van der Waals surface area contributed by atoms with Gasteiger partial charge < -0.3 is 10.0 Å². The molecule has 1 heterocycles. The summed E-state index contributed by atoms with van der Waals surface area (Å²) in [6, 6.07) is 0. The number of hydrogen-bond acceptors (Lipinski definition) is 2. The summed E-state index contributed by atoms with van der Waals surface area (Å²) in [5, 5.41) is 9.50. The number of terminal acetylenes is 1. The van der Waals surface area contributed by atoms with Crippen molar-refractivity contribution in [3.63, 3.8) is 0 Å². The molecule has 3 nitrogen and oxygen atoms in total. The Morgan fingerprint density at radius 3 is 3.00 bits per heavy atom. The summed E-state index contributed by atoms with van der Waals surface area (Å²) in [6.07, 6.45) is 6.97. The zero-order valence-electron chi connectivity index (χ0n) is 6.79. The van der Waals surface area contributed by atoms with E-state index in [1.165, 1.54) is 4.90 Å². The van der Waals surface area contributed by atoms with Crippen molar-refractivity contribution in [2.45, 2.75) is 12.0 Å². The van der Waals surface area contributed by atoms with Crippen molar-refractivity contribution in [3.05, 3.63) is 12.7 Å². The van der Waals surface area contributed by atoms with Crippen LogP contribution >= 0.6 is 0 Å². The second-order valence-electron chi connectivity index (χ2n) is 2.79. The summed E-state index contributed by atoms with van der Waals surface area (Å²) in [7, 11) is 0. The van der Waals surface area contributed by atoms with Gasteiger partial charge in [-0.2, -0.15) is 0 Å². The molecule has 0 aromatic heterocycles. The van der Waals surface area contributed by atoms with E-state index in [0.29, 0.717) is 19.5 Å². The topological polar surface area (TPSA) is 40.5 Å². The van der Waals surface area contributed by atoms with Gasteiger partial charge in [-0.1, -0.05) is 12.0 Å². The number of likely N-dealkylation sites (tertiary alicyclic amines) is 1. The standard InChI is InChI=1S/C9H11NO2/c1-3-6-10-7-5-9(12,4-2)8(10)11/h2-3,12H,1,5-7H2. The zero-order chi connectivity index (χ0) is 9.19. The molecule has 1 saturated heterocycles. The number of rotatable bonds is 2. The van der Waals surface area contributed by atoms with Gasteiger partial charge in [-0.15, -0.1) is 13.0 Å². The minimum absolute atomic E-state index is 0.316. The van der Waals surface area contributed by atoms with Crippen molar-refractivity contribution < 1.29 is 9.90 Å². The van der Waals surface area contributed by atoms with Gasteiger partial charge in [0.1, 0.15) is 0 Å². The van der Waals surface area contributed by atoms with Gasteiger partial charge in [0.2, 0.25) is 5.60 Å². The van der Waals surface area contributed by atoms with Crippen LogP contribution in [0.2, 0.25) is 0 Å². The van der Waals surface area contributed by atoms with Gasteiger partial charge >= 0.3 is 0 Å². The lowest BCUT2D eigenvalue weighted by atomic mass is 10.0. The first-order valence-electron chi connectivity index (χ1n) is 3.74. The molecule has 1 atom stereocenters. The Kier molecular flexibility index (Phi) is 2.20. The van der Waals surface area contributed by atoms with Crippen LogP contribution in [0.1, 0.15) is 6.42 Å². The van der Waals surface area contributed by atoms with E-state index < -0.39 is 5.60 Å². The second kappa shape index (κ2) is 3.00. The Hall–Kier alpha value is -1.27. The van der Waals surface area contributed by atoms with E-state index in [4.69, 9.17) is 6.42 Å². The highest BCUT2D eigenvalue weighted by molar-refractivity contribution is 5.90. The number of carbonyl (C=O) groups excluding carboxylic acids is 1. The summed E-state index contributed by atoms with van der Waals surface area (Å²) in [5.74, 6) is 1.72. The Balaban J connectivity index is 2.75. The number of amides is 1. The van der Waals surface area contributed by atoms with Gasteiger partial charge in [-0.3, -0.25) is 4.79 Å². The maximum atomic E-state index is 11.3. The third-order valence-corrected chi connectivity index (χ3v) is 1.97. The molecule has 0 spiro atoms. The molecule has 0 bridgehead atoms. The van der Waals surface area contributed by atoms with Crippen LogP contribution in [-0.2, 0) is 4.79 Å². The molecule has 1 rings (SSSR count). The van der Waals surface area contributed by atoms with E-state index >= 15 is 0 Å². The Morgan fingerprint density at radius 2 is 2.58 bits per heavy atom. The monoisotopic (exact) mass is 165 g/mol. The van der Waals surface area contributed by atoms with Crippen LogP contribution in [0, 0.1) is 12.3 Å². The van der Waals surface area contributed by atoms with E-state index in [2.05, 4.69) is 12.5 Å². The van der Waals surface area contributed by atoms with Crippen LogP contribution in [0.5, 0.6) is 0 Å². The predicted molar refractivity (Wildman–Crippen MR) is 45.2 cm³/mol. The molecule has 1 amide bonds. The molecule has 1 aliphatic heterocycles. The number of carbonyl (C=O) groups is 1. The normalized spacial score (nSPS) is 28.7. The quantitative estimate of drug-likeness (QED) is 0.453. The van der Waals surface area contributed by atoms with Crippen LogP contribution in [-0.4, -0.2) is 34.6 Å².